The highest BCUT2D eigenvalue weighted by atomic mass is 16.3. The molecule has 0 heterocycles. The highest BCUT2D eigenvalue weighted by Crippen LogP contribution is 2.66. The fourth-order valence-electron chi connectivity index (χ4n) is 7.03. The number of aliphatic hydroxyl groups is 1. The van der Waals surface area contributed by atoms with Crippen molar-refractivity contribution in [3.63, 3.8) is 0 Å². The monoisotopic (exact) mass is 300 g/mol. The van der Waals surface area contributed by atoms with Gasteiger partial charge in [0.15, 0.2) is 0 Å². The van der Waals surface area contributed by atoms with Crippen LogP contribution in [0.3, 0.4) is 0 Å². The van der Waals surface area contributed by atoms with Crippen LogP contribution in [0.4, 0.5) is 0 Å². The predicted molar refractivity (Wildman–Crippen MR) is 91.5 cm³/mol. The maximum atomic E-state index is 10.0. The van der Waals surface area contributed by atoms with E-state index in [4.69, 9.17) is 0 Å². The van der Waals surface area contributed by atoms with Crippen molar-refractivity contribution in [2.24, 2.45) is 28.6 Å². The molecular weight excluding hydrogens is 268 g/mol. The van der Waals surface area contributed by atoms with Crippen LogP contribution in [0, 0.1) is 28.6 Å². The van der Waals surface area contributed by atoms with Gasteiger partial charge in [-0.3, -0.25) is 0 Å². The fourth-order valence-corrected chi connectivity index (χ4v) is 7.03. The summed E-state index contributed by atoms with van der Waals surface area (Å²) in [6, 6.07) is 0. The SMILES string of the molecule is C/C=C1/CC[C@H]2[C@@H]3CCC4=C[C@H](O)CC[C@]4(C)[C@H]3CC[C@]12C. The minimum Gasteiger partial charge on any atom is -0.389 e. The minimum atomic E-state index is -0.172. The van der Waals surface area contributed by atoms with Crippen molar-refractivity contribution in [3.05, 3.63) is 23.3 Å². The Hall–Kier alpha value is -0.560. The highest BCUT2D eigenvalue weighted by Gasteiger charge is 2.57. The van der Waals surface area contributed by atoms with Crippen LogP contribution < -0.4 is 0 Å². The maximum Gasteiger partial charge on any atom is 0.0724 e. The molecule has 3 fully saturated rings. The zero-order chi connectivity index (χ0) is 15.5. The molecule has 122 valence electrons. The molecule has 4 aliphatic carbocycles. The van der Waals surface area contributed by atoms with Crippen molar-refractivity contribution in [2.75, 3.05) is 0 Å². The van der Waals surface area contributed by atoms with Crippen molar-refractivity contribution in [1.29, 1.82) is 0 Å². The Labute approximate surface area is 135 Å². The van der Waals surface area contributed by atoms with Gasteiger partial charge in [-0.25, -0.2) is 0 Å². The van der Waals surface area contributed by atoms with Gasteiger partial charge in [-0.05, 0) is 86.9 Å². The van der Waals surface area contributed by atoms with Crippen molar-refractivity contribution in [3.8, 4) is 0 Å². The third-order valence-electron chi connectivity index (χ3n) is 8.29. The van der Waals surface area contributed by atoms with Crippen LogP contribution in [-0.4, -0.2) is 11.2 Å². The van der Waals surface area contributed by atoms with Crippen LogP contribution in [0.5, 0.6) is 0 Å². The van der Waals surface area contributed by atoms with E-state index in [1.54, 1.807) is 11.1 Å². The van der Waals surface area contributed by atoms with Gasteiger partial charge in [-0.2, -0.15) is 0 Å². The van der Waals surface area contributed by atoms with E-state index in [2.05, 4.69) is 32.9 Å². The molecule has 0 unspecified atom stereocenters. The van der Waals surface area contributed by atoms with Crippen LogP contribution >= 0.6 is 0 Å². The van der Waals surface area contributed by atoms with Crippen LogP contribution in [0.25, 0.3) is 0 Å². The third kappa shape index (κ3) is 1.87. The standard InChI is InChI=1S/C21H32O/c1-4-14-6-8-18-17-7-5-15-13-16(22)9-11-21(15,3)19(17)10-12-20(14,18)2/h4,13,16-19,22H,5-12H2,1-3H3/b14-4-/t16-,17+,18+,19+,20-,21+/m1/s1. The topological polar surface area (TPSA) is 20.2 Å². The molecule has 1 nitrogen and oxygen atoms in total. The molecule has 4 rings (SSSR count). The summed E-state index contributed by atoms with van der Waals surface area (Å²) < 4.78 is 0. The maximum absolute atomic E-state index is 10.0. The average molecular weight is 300 g/mol. The first-order valence-electron chi connectivity index (χ1n) is 9.54. The van der Waals surface area contributed by atoms with Crippen molar-refractivity contribution < 1.29 is 5.11 Å². The third-order valence-corrected chi connectivity index (χ3v) is 8.29. The van der Waals surface area contributed by atoms with E-state index in [0.717, 1.165) is 24.2 Å². The lowest BCUT2D eigenvalue weighted by Gasteiger charge is -2.58. The number of hydrogen-bond acceptors (Lipinski definition) is 1. The van der Waals surface area contributed by atoms with Gasteiger partial charge in [0.2, 0.25) is 0 Å². The van der Waals surface area contributed by atoms with Crippen molar-refractivity contribution in [1.82, 2.24) is 0 Å². The van der Waals surface area contributed by atoms with Gasteiger partial charge in [-0.1, -0.05) is 37.1 Å². The molecule has 0 amide bonds. The van der Waals surface area contributed by atoms with E-state index >= 15 is 0 Å². The van der Waals surface area contributed by atoms with E-state index in [9.17, 15) is 5.11 Å². The molecule has 0 aromatic heterocycles. The summed E-state index contributed by atoms with van der Waals surface area (Å²) in [4.78, 5) is 0. The lowest BCUT2D eigenvalue weighted by molar-refractivity contribution is -0.0314. The van der Waals surface area contributed by atoms with E-state index < -0.39 is 0 Å². The molecule has 1 N–H and O–H groups in total. The molecule has 0 aromatic rings. The van der Waals surface area contributed by atoms with Gasteiger partial charge < -0.3 is 5.11 Å². The summed E-state index contributed by atoms with van der Waals surface area (Å²) >= 11 is 0. The molecule has 0 saturated heterocycles. The minimum absolute atomic E-state index is 0.172. The van der Waals surface area contributed by atoms with Gasteiger partial charge >= 0.3 is 0 Å². The van der Waals surface area contributed by atoms with Gasteiger partial charge in [0.05, 0.1) is 6.10 Å². The first-order chi connectivity index (χ1) is 10.5. The first kappa shape index (κ1) is 15.0. The normalized spacial score (nSPS) is 52.7. The van der Waals surface area contributed by atoms with Gasteiger partial charge in [0.25, 0.3) is 0 Å². The Balaban J connectivity index is 1.68. The lowest BCUT2D eigenvalue weighted by Crippen LogP contribution is -2.49. The number of aliphatic hydroxyl groups excluding tert-OH is 1. The quantitative estimate of drug-likeness (QED) is 0.605. The van der Waals surface area contributed by atoms with Gasteiger partial charge in [0.1, 0.15) is 0 Å². The zero-order valence-corrected chi connectivity index (χ0v) is 14.6. The molecule has 22 heavy (non-hydrogen) atoms. The summed E-state index contributed by atoms with van der Waals surface area (Å²) in [7, 11) is 0. The Bertz CT molecular complexity index is 530. The summed E-state index contributed by atoms with van der Waals surface area (Å²) in [5, 5.41) is 10.0. The molecular formula is C21H32O. The smallest absolute Gasteiger partial charge is 0.0724 e. The number of allylic oxidation sites excluding steroid dienone is 3. The van der Waals surface area contributed by atoms with E-state index in [-0.39, 0.29) is 6.10 Å². The van der Waals surface area contributed by atoms with Gasteiger partial charge in [-0.15, -0.1) is 0 Å². The Morgan fingerprint density at radius 3 is 2.50 bits per heavy atom. The molecule has 4 aliphatic rings. The molecule has 0 radical (unpaired) electrons. The van der Waals surface area contributed by atoms with E-state index in [1.165, 1.54) is 44.9 Å². The second kappa shape index (κ2) is 4.97. The van der Waals surface area contributed by atoms with Crippen molar-refractivity contribution >= 4 is 0 Å². The summed E-state index contributed by atoms with van der Waals surface area (Å²) in [6.07, 6.45) is 14.8. The summed E-state index contributed by atoms with van der Waals surface area (Å²) in [5.41, 5.74) is 4.24. The highest BCUT2D eigenvalue weighted by molar-refractivity contribution is 5.28. The molecule has 0 aromatic carbocycles. The van der Waals surface area contributed by atoms with Gasteiger partial charge in [0, 0.05) is 0 Å². The number of rotatable bonds is 0. The van der Waals surface area contributed by atoms with E-state index in [0.29, 0.717) is 10.8 Å². The van der Waals surface area contributed by atoms with Crippen LogP contribution in [0.15, 0.2) is 23.3 Å². The second-order valence-corrected chi connectivity index (χ2v) is 8.94. The first-order valence-corrected chi connectivity index (χ1v) is 9.54. The Morgan fingerprint density at radius 1 is 1.00 bits per heavy atom. The molecule has 0 spiro atoms. The Morgan fingerprint density at radius 2 is 1.73 bits per heavy atom. The molecule has 0 bridgehead atoms. The number of fused-ring (bicyclic) bond motifs is 5. The fraction of sp³-hybridized carbons (Fsp3) is 0.810. The van der Waals surface area contributed by atoms with Crippen LogP contribution in [0.2, 0.25) is 0 Å². The second-order valence-electron chi connectivity index (χ2n) is 8.94. The van der Waals surface area contributed by atoms with Crippen LogP contribution in [-0.2, 0) is 0 Å². The lowest BCUT2D eigenvalue weighted by atomic mass is 9.47. The summed E-state index contributed by atoms with van der Waals surface area (Å²) in [6.45, 7) is 7.34. The largest absolute Gasteiger partial charge is 0.389 e. The average Bonchev–Trinajstić information content (AvgIpc) is 2.84. The Kier molecular flexibility index (Phi) is 3.39. The molecule has 3 saturated carbocycles. The summed E-state index contributed by atoms with van der Waals surface area (Å²) in [5.74, 6) is 2.71. The molecule has 6 atom stereocenters. The molecule has 1 heteroatoms. The predicted octanol–water partition coefficient (Wildman–Crippen LogP) is 5.26. The number of hydrogen-bond donors (Lipinski definition) is 1. The van der Waals surface area contributed by atoms with Crippen molar-refractivity contribution in [2.45, 2.75) is 78.2 Å². The van der Waals surface area contributed by atoms with Crippen LogP contribution in [0.1, 0.15) is 72.1 Å². The zero-order valence-electron chi connectivity index (χ0n) is 14.6. The van der Waals surface area contributed by atoms with E-state index in [1.807, 2.05) is 0 Å². The molecule has 0 aliphatic heterocycles.